The van der Waals surface area contributed by atoms with Crippen molar-refractivity contribution < 1.29 is 23.1 Å². The third kappa shape index (κ3) is 4.07. The lowest BCUT2D eigenvalue weighted by Crippen LogP contribution is -2.29. The van der Waals surface area contributed by atoms with Crippen molar-refractivity contribution in [2.45, 2.75) is 38.1 Å². The molecule has 0 radical (unpaired) electrons. The van der Waals surface area contributed by atoms with Crippen LogP contribution in [-0.2, 0) is 21.2 Å². The number of carboxylic acids is 1. The van der Waals surface area contributed by atoms with Crippen LogP contribution in [0.4, 0.5) is 0 Å². The minimum Gasteiger partial charge on any atom is -0.494 e. The quantitative estimate of drug-likeness (QED) is 0.579. The topological polar surface area (TPSA) is 115 Å². The number of fused-ring (bicyclic) bond motifs is 1. The van der Waals surface area contributed by atoms with Crippen LogP contribution >= 0.6 is 0 Å². The van der Waals surface area contributed by atoms with Gasteiger partial charge in [0.05, 0.1) is 35.2 Å². The van der Waals surface area contributed by atoms with E-state index in [1.807, 2.05) is 26.8 Å². The van der Waals surface area contributed by atoms with Crippen molar-refractivity contribution in [3.8, 4) is 5.75 Å². The zero-order chi connectivity index (χ0) is 23.0. The Bertz CT molecular complexity index is 1250. The van der Waals surface area contributed by atoms with E-state index in [1.165, 1.54) is 4.31 Å². The fourth-order valence-electron chi connectivity index (χ4n) is 4.17. The molecule has 3 aromatic rings. The van der Waals surface area contributed by atoms with E-state index in [0.29, 0.717) is 30.0 Å². The molecule has 0 saturated carbocycles. The van der Waals surface area contributed by atoms with Gasteiger partial charge in [0.2, 0.25) is 10.0 Å². The van der Waals surface area contributed by atoms with Crippen molar-refractivity contribution in [1.82, 2.24) is 19.1 Å². The van der Waals surface area contributed by atoms with Crippen molar-refractivity contribution in [2.75, 3.05) is 19.7 Å². The molecule has 0 amide bonds. The largest absolute Gasteiger partial charge is 0.494 e. The number of hydrogen-bond acceptors (Lipinski definition) is 6. The minimum atomic E-state index is -3.69. The van der Waals surface area contributed by atoms with Gasteiger partial charge in [0.1, 0.15) is 5.75 Å². The zero-order valence-electron chi connectivity index (χ0n) is 18.2. The number of aromatic nitrogens is 3. The van der Waals surface area contributed by atoms with E-state index < -0.39 is 16.0 Å². The Morgan fingerprint density at radius 3 is 2.62 bits per heavy atom. The maximum Gasteiger partial charge on any atom is 0.309 e. The third-order valence-corrected chi connectivity index (χ3v) is 7.60. The van der Waals surface area contributed by atoms with Gasteiger partial charge in [-0.1, -0.05) is 6.92 Å². The number of carbonyl (C=O) groups is 1. The second kappa shape index (κ2) is 8.51. The number of hydrogen-bond donors (Lipinski definition) is 1. The minimum absolute atomic E-state index is 0.0123. The number of rotatable bonds is 7. The van der Waals surface area contributed by atoms with E-state index in [0.717, 1.165) is 11.2 Å². The Kier molecular flexibility index (Phi) is 5.91. The average Bonchev–Trinajstić information content (AvgIpc) is 3.29. The van der Waals surface area contributed by atoms with Crippen molar-refractivity contribution in [3.63, 3.8) is 0 Å². The predicted molar refractivity (Wildman–Crippen MR) is 118 cm³/mol. The van der Waals surface area contributed by atoms with Crippen LogP contribution < -0.4 is 4.74 Å². The molecule has 1 aromatic carbocycles. The molecule has 170 valence electrons. The molecule has 0 aliphatic carbocycles. The Morgan fingerprint density at radius 2 is 1.97 bits per heavy atom. The standard InChI is InChI=1S/C22H26N4O5S/c1-4-31-16-5-7-17(8-6-16)32(29,30)25-12-14(2)21(13-25)26-20-9-15(3)23-11-18(20)19(24-26)10-22(27)28/h5-9,11,14,21H,4,10,12-13H2,1-3H3,(H,27,28)/t14-,21+/m1/s1. The summed E-state index contributed by atoms with van der Waals surface area (Å²) in [6, 6.07) is 8.07. The van der Waals surface area contributed by atoms with Gasteiger partial charge in [-0.25, -0.2) is 8.42 Å². The molecule has 4 rings (SSSR count). The van der Waals surface area contributed by atoms with E-state index >= 15 is 0 Å². The highest BCUT2D eigenvalue weighted by Crippen LogP contribution is 2.34. The molecule has 0 unspecified atom stereocenters. The number of ether oxygens (including phenoxy) is 1. The fourth-order valence-corrected chi connectivity index (χ4v) is 5.72. The second-order valence-corrected chi connectivity index (χ2v) is 10.0. The Labute approximate surface area is 186 Å². The number of sulfonamides is 1. The average molecular weight is 459 g/mol. The summed E-state index contributed by atoms with van der Waals surface area (Å²) in [5.41, 5.74) is 1.98. The van der Waals surface area contributed by atoms with Gasteiger partial charge in [-0.05, 0) is 50.1 Å². The summed E-state index contributed by atoms with van der Waals surface area (Å²) >= 11 is 0. The lowest BCUT2D eigenvalue weighted by molar-refractivity contribution is -0.136. The Balaban J connectivity index is 1.66. The van der Waals surface area contributed by atoms with E-state index in [1.54, 1.807) is 35.1 Å². The van der Waals surface area contributed by atoms with Gasteiger partial charge in [0.25, 0.3) is 0 Å². The number of aliphatic carboxylic acids is 1. The first-order valence-electron chi connectivity index (χ1n) is 10.5. The van der Waals surface area contributed by atoms with Crippen LogP contribution in [0.5, 0.6) is 5.75 Å². The smallest absolute Gasteiger partial charge is 0.309 e. The molecule has 1 fully saturated rings. The van der Waals surface area contributed by atoms with Crippen LogP contribution in [0.3, 0.4) is 0 Å². The first kappa shape index (κ1) is 22.2. The first-order chi connectivity index (χ1) is 15.2. The predicted octanol–water partition coefficient (Wildman–Crippen LogP) is 2.65. The van der Waals surface area contributed by atoms with Gasteiger partial charge in [-0.15, -0.1) is 0 Å². The second-order valence-electron chi connectivity index (χ2n) is 8.08. The van der Waals surface area contributed by atoms with Crippen molar-refractivity contribution in [3.05, 3.63) is 47.9 Å². The summed E-state index contributed by atoms with van der Waals surface area (Å²) < 4.78 is 35.2. The van der Waals surface area contributed by atoms with Crippen molar-refractivity contribution in [1.29, 1.82) is 0 Å². The molecule has 0 bridgehead atoms. The molecule has 10 heteroatoms. The SMILES string of the molecule is CCOc1ccc(S(=O)(=O)N2C[C@@H](C)[C@@H](n3nc(CC(=O)O)c4cnc(C)cc43)C2)cc1. The number of benzene rings is 1. The summed E-state index contributed by atoms with van der Waals surface area (Å²) in [4.78, 5) is 15.8. The van der Waals surface area contributed by atoms with E-state index in [9.17, 15) is 18.3 Å². The molecule has 1 saturated heterocycles. The zero-order valence-corrected chi connectivity index (χ0v) is 19.0. The molecule has 3 heterocycles. The van der Waals surface area contributed by atoms with Crippen LogP contribution in [0, 0.1) is 12.8 Å². The summed E-state index contributed by atoms with van der Waals surface area (Å²) in [6.07, 6.45) is 1.42. The van der Waals surface area contributed by atoms with E-state index in [-0.39, 0.29) is 29.8 Å². The van der Waals surface area contributed by atoms with Gasteiger partial charge in [0.15, 0.2) is 0 Å². The molecular formula is C22H26N4O5S. The van der Waals surface area contributed by atoms with Crippen LogP contribution in [0.15, 0.2) is 41.4 Å². The van der Waals surface area contributed by atoms with Crippen LogP contribution in [0.1, 0.15) is 31.3 Å². The van der Waals surface area contributed by atoms with Gasteiger partial charge in [-0.3, -0.25) is 14.5 Å². The molecule has 2 aromatic heterocycles. The van der Waals surface area contributed by atoms with Crippen molar-refractivity contribution >= 4 is 26.9 Å². The maximum atomic E-state index is 13.3. The molecule has 1 aliphatic heterocycles. The van der Waals surface area contributed by atoms with Crippen LogP contribution in [-0.4, -0.2) is 58.3 Å². The molecule has 32 heavy (non-hydrogen) atoms. The lowest BCUT2D eigenvalue weighted by Gasteiger charge is -2.18. The normalized spacial score (nSPS) is 19.5. The Morgan fingerprint density at radius 1 is 1.25 bits per heavy atom. The maximum absolute atomic E-state index is 13.3. The highest BCUT2D eigenvalue weighted by molar-refractivity contribution is 7.89. The van der Waals surface area contributed by atoms with Gasteiger partial charge < -0.3 is 9.84 Å². The molecular weight excluding hydrogens is 432 g/mol. The van der Waals surface area contributed by atoms with Crippen LogP contribution in [0.25, 0.3) is 10.9 Å². The Hall–Kier alpha value is -2.98. The summed E-state index contributed by atoms with van der Waals surface area (Å²) in [7, 11) is -3.69. The third-order valence-electron chi connectivity index (χ3n) is 5.75. The van der Waals surface area contributed by atoms with Crippen molar-refractivity contribution in [2.24, 2.45) is 5.92 Å². The summed E-state index contributed by atoms with van der Waals surface area (Å²) in [6.45, 7) is 6.81. The van der Waals surface area contributed by atoms with Gasteiger partial charge >= 0.3 is 5.97 Å². The summed E-state index contributed by atoms with van der Waals surface area (Å²) in [5, 5.41) is 14.5. The van der Waals surface area contributed by atoms with Gasteiger partial charge in [0, 0.05) is 30.4 Å². The number of aryl methyl sites for hydroxylation is 1. The highest BCUT2D eigenvalue weighted by atomic mass is 32.2. The highest BCUT2D eigenvalue weighted by Gasteiger charge is 2.39. The molecule has 1 aliphatic rings. The van der Waals surface area contributed by atoms with Gasteiger partial charge in [-0.2, -0.15) is 9.40 Å². The fraction of sp³-hybridized carbons (Fsp3) is 0.409. The van der Waals surface area contributed by atoms with E-state index in [4.69, 9.17) is 4.74 Å². The monoisotopic (exact) mass is 458 g/mol. The first-order valence-corrected chi connectivity index (χ1v) is 11.9. The number of carboxylic acid groups (broad SMARTS) is 1. The van der Waals surface area contributed by atoms with Crippen LogP contribution in [0.2, 0.25) is 0 Å². The molecule has 1 N–H and O–H groups in total. The number of pyridine rings is 1. The summed E-state index contributed by atoms with van der Waals surface area (Å²) in [5.74, 6) is -0.366. The number of nitrogens with zero attached hydrogens (tertiary/aromatic N) is 4. The molecule has 0 spiro atoms. The lowest BCUT2D eigenvalue weighted by atomic mass is 10.1. The van der Waals surface area contributed by atoms with E-state index in [2.05, 4.69) is 10.1 Å². The molecule has 9 nitrogen and oxygen atoms in total. The molecule has 2 atom stereocenters.